The molecule has 290 valence electrons. The van der Waals surface area contributed by atoms with Crippen molar-refractivity contribution >= 4 is 103 Å². The Morgan fingerprint density at radius 1 is 0.387 bits per heavy atom. The van der Waals surface area contributed by atoms with Crippen LogP contribution in [0.1, 0.15) is 0 Å². The van der Waals surface area contributed by atoms with E-state index in [4.69, 9.17) is 4.42 Å². The molecule has 3 aromatic heterocycles. The van der Waals surface area contributed by atoms with Crippen LogP contribution in [0.2, 0.25) is 0 Å². The minimum atomic E-state index is 0.884. The van der Waals surface area contributed by atoms with Gasteiger partial charge in [0.05, 0.1) is 28.1 Å². The highest BCUT2D eigenvalue weighted by molar-refractivity contribution is 7.26. The fourth-order valence-electron chi connectivity index (χ4n) is 9.74. The van der Waals surface area contributed by atoms with Gasteiger partial charge in [-0.05, 0) is 100 Å². The van der Waals surface area contributed by atoms with E-state index >= 15 is 0 Å². The van der Waals surface area contributed by atoms with Crippen LogP contribution < -0.4 is 4.90 Å². The van der Waals surface area contributed by atoms with Gasteiger partial charge in [0.15, 0.2) is 0 Å². The number of aromatic nitrogens is 1. The van der Waals surface area contributed by atoms with Crippen LogP contribution in [0.25, 0.3) is 103 Å². The van der Waals surface area contributed by atoms with Crippen molar-refractivity contribution in [3.8, 4) is 27.9 Å². The number of thiophene rings is 1. The van der Waals surface area contributed by atoms with Crippen LogP contribution in [-0.4, -0.2) is 4.57 Å². The highest BCUT2D eigenvalue weighted by Crippen LogP contribution is 2.47. The summed E-state index contributed by atoms with van der Waals surface area (Å²) in [6, 6.07) is 79.3. The number of para-hydroxylation sites is 5. The minimum absolute atomic E-state index is 0.884. The third-order valence-electron chi connectivity index (χ3n) is 12.6. The van der Waals surface area contributed by atoms with Crippen LogP contribution in [0.5, 0.6) is 0 Å². The third-order valence-corrected chi connectivity index (χ3v) is 13.8. The Morgan fingerprint density at radius 2 is 0.984 bits per heavy atom. The number of furan rings is 1. The fraction of sp³-hybridized carbons (Fsp3) is 0. The van der Waals surface area contributed by atoms with E-state index < -0.39 is 0 Å². The predicted molar refractivity (Wildman–Crippen MR) is 264 cm³/mol. The maximum Gasteiger partial charge on any atom is 0.136 e. The molecule has 0 amide bonds. The molecule has 0 spiro atoms. The van der Waals surface area contributed by atoms with Crippen molar-refractivity contribution in [2.45, 2.75) is 0 Å². The number of hydrogen-bond acceptors (Lipinski definition) is 3. The summed E-state index contributed by atoms with van der Waals surface area (Å²) in [5, 5.41) is 9.69. The van der Waals surface area contributed by atoms with Crippen LogP contribution in [0, 0.1) is 0 Å². The molecule has 10 aromatic carbocycles. The Morgan fingerprint density at radius 3 is 1.79 bits per heavy atom. The van der Waals surface area contributed by atoms with Gasteiger partial charge in [-0.2, -0.15) is 0 Å². The van der Waals surface area contributed by atoms with Crippen molar-refractivity contribution in [2.75, 3.05) is 4.90 Å². The van der Waals surface area contributed by atoms with Gasteiger partial charge < -0.3 is 13.9 Å². The molecule has 0 saturated carbocycles. The molecule has 0 bridgehead atoms. The molecule has 62 heavy (non-hydrogen) atoms. The van der Waals surface area contributed by atoms with Crippen molar-refractivity contribution in [3.63, 3.8) is 0 Å². The second-order valence-corrected chi connectivity index (χ2v) is 17.1. The van der Waals surface area contributed by atoms with Gasteiger partial charge in [-0.1, -0.05) is 146 Å². The summed E-state index contributed by atoms with van der Waals surface area (Å²) in [5.41, 5.74) is 13.1. The number of nitrogens with zero attached hydrogens (tertiary/aromatic N) is 2. The molecular weight excluding hydrogens is 773 g/mol. The topological polar surface area (TPSA) is 21.3 Å². The Labute approximate surface area is 361 Å². The average Bonchev–Trinajstić information content (AvgIpc) is 4.01. The third kappa shape index (κ3) is 5.37. The maximum absolute atomic E-state index is 6.47. The van der Waals surface area contributed by atoms with Gasteiger partial charge in [0, 0.05) is 53.0 Å². The number of fused-ring (bicyclic) bond motifs is 10. The van der Waals surface area contributed by atoms with Crippen molar-refractivity contribution < 1.29 is 4.42 Å². The minimum Gasteiger partial charge on any atom is -0.456 e. The van der Waals surface area contributed by atoms with E-state index in [9.17, 15) is 0 Å². The summed E-state index contributed by atoms with van der Waals surface area (Å²) in [5.74, 6) is 0. The Hall–Kier alpha value is -7.92. The monoisotopic (exact) mass is 808 g/mol. The summed E-state index contributed by atoms with van der Waals surface area (Å²) >= 11 is 1.87. The van der Waals surface area contributed by atoms with Gasteiger partial charge >= 0.3 is 0 Å². The summed E-state index contributed by atoms with van der Waals surface area (Å²) in [7, 11) is 0. The highest BCUT2D eigenvalue weighted by atomic mass is 32.1. The van der Waals surface area contributed by atoms with E-state index in [1.54, 1.807) is 0 Å². The van der Waals surface area contributed by atoms with Crippen molar-refractivity contribution in [1.82, 2.24) is 4.57 Å². The first-order valence-corrected chi connectivity index (χ1v) is 21.9. The zero-order valence-electron chi connectivity index (χ0n) is 33.5. The van der Waals surface area contributed by atoms with Crippen LogP contribution in [0.15, 0.2) is 223 Å². The predicted octanol–water partition coefficient (Wildman–Crippen LogP) is 17.0. The van der Waals surface area contributed by atoms with Gasteiger partial charge in [0.2, 0.25) is 0 Å². The first kappa shape index (κ1) is 34.9. The summed E-state index contributed by atoms with van der Waals surface area (Å²) in [6.45, 7) is 0. The number of hydrogen-bond donors (Lipinski definition) is 0. The number of benzene rings is 10. The van der Waals surface area contributed by atoms with Gasteiger partial charge in [0.25, 0.3) is 0 Å². The lowest BCUT2D eigenvalue weighted by Crippen LogP contribution is -2.14. The van der Waals surface area contributed by atoms with Gasteiger partial charge in [-0.3, -0.25) is 0 Å². The highest BCUT2D eigenvalue weighted by Gasteiger charge is 2.23. The Balaban J connectivity index is 1.03. The van der Waals surface area contributed by atoms with Crippen molar-refractivity contribution in [3.05, 3.63) is 218 Å². The first-order chi connectivity index (χ1) is 30.7. The molecule has 4 heteroatoms. The molecule has 13 rings (SSSR count). The lowest BCUT2D eigenvalue weighted by Gasteiger charge is -2.30. The molecule has 0 aliphatic rings. The van der Waals surface area contributed by atoms with Gasteiger partial charge in [-0.15, -0.1) is 11.3 Å². The lowest BCUT2D eigenvalue weighted by atomic mass is 9.98. The molecule has 0 saturated heterocycles. The maximum atomic E-state index is 6.47. The molecule has 3 nitrogen and oxygen atoms in total. The zero-order valence-corrected chi connectivity index (χ0v) is 34.3. The van der Waals surface area contributed by atoms with Crippen LogP contribution in [0.4, 0.5) is 17.1 Å². The molecule has 3 heterocycles. The molecule has 0 radical (unpaired) electrons. The van der Waals surface area contributed by atoms with E-state index in [-0.39, 0.29) is 0 Å². The molecular formula is C58H36N2OS. The van der Waals surface area contributed by atoms with Crippen molar-refractivity contribution in [1.29, 1.82) is 0 Å². The van der Waals surface area contributed by atoms with E-state index in [0.29, 0.717) is 0 Å². The lowest BCUT2D eigenvalue weighted by molar-refractivity contribution is 0.669. The number of anilines is 3. The van der Waals surface area contributed by atoms with Crippen LogP contribution >= 0.6 is 11.3 Å². The molecule has 13 aromatic rings. The first-order valence-electron chi connectivity index (χ1n) is 21.1. The summed E-state index contributed by atoms with van der Waals surface area (Å²) in [6.07, 6.45) is 0. The Kier molecular flexibility index (Phi) is 7.78. The van der Waals surface area contributed by atoms with Gasteiger partial charge in [-0.25, -0.2) is 0 Å². The molecule has 0 atom stereocenters. The normalized spacial score (nSPS) is 11.9. The van der Waals surface area contributed by atoms with E-state index in [0.717, 1.165) is 55.8 Å². The van der Waals surface area contributed by atoms with E-state index in [1.807, 2.05) is 11.3 Å². The second kappa shape index (κ2) is 13.8. The van der Waals surface area contributed by atoms with Crippen molar-refractivity contribution in [2.24, 2.45) is 0 Å². The number of rotatable bonds is 6. The second-order valence-electron chi connectivity index (χ2n) is 16.0. The Bertz CT molecular complexity index is 3830. The fourth-order valence-corrected chi connectivity index (χ4v) is 11.0. The van der Waals surface area contributed by atoms with E-state index in [1.165, 1.54) is 63.9 Å². The smallest absolute Gasteiger partial charge is 0.136 e. The molecule has 0 aliphatic heterocycles. The summed E-state index contributed by atoms with van der Waals surface area (Å²) in [4.78, 5) is 2.45. The van der Waals surface area contributed by atoms with Crippen LogP contribution in [-0.2, 0) is 0 Å². The largest absolute Gasteiger partial charge is 0.456 e. The quantitative estimate of drug-likeness (QED) is 0.167. The molecule has 0 aliphatic carbocycles. The molecule has 0 N–H and O–H groups in total. The van der Waals surface area contributed by atoms with E-state index in [2.05, 4.69) is 228 Å². The molecule has 0 unspecified atom stereocenters. The van der Waals surface area contributed by atoms with Crippen LogP contribution in [0.3, 0.4) is 0 Å². The summed E-state index contributed by atoms with van der Waals surface area (Å²) < 4.78 is 11.5. The zero-order chi connectivity index (χ0) is 40.7. The SMILES string of the molecule is c1ccc(N(c2ccc(-c3cccc4c3sc3ccccc34)cc2)c2ccccc2-n2c3ccccc3c3ccccc32)c(-c2ccc3oc4cc5ccccc5cc4c3c2)c1. The average molecular weight is 809 g/mol. The molecule has 0 fully saturated rings. The van der Waals surface area contributed by atoms with Gasteiger partial charge in [0.1, 0.15) is 11.2 Å². The standard InChI is InChI=1S/C58H36N2OS/c1-2-15-39-36-56-49(34-38(39)14-1)48-35-40(30-33-55(48)61-56)42-16-3-7-22-50(42)59(41-31-28-37(29-32-41)43-20-13-21-47-46-19-6-12-27-57(46)62-58(43)47)53-25-10-11-26-54(53)60-51-23-8-4-17-44(51)45-18-5-9-24-52(45)60/h1-36H.